The average Bonchev–Trinajstić information content (AvgIpc) is 2.68. The molecule has 2 aromatic heterocycles. The molecule has 29 heavy (non-hydrogen) atoms. The first kappa shape index (κ1) is 19.4. The number of halogens is 2. The summed E-state index contributed by atoms with van der Waals surface area (Å²) in [6.07, 6.45) is 2.06. The van der Waals surface area contributed by atoms with E-state index in [1.165, 1.54) is 18.2 Å². The molecule has 0 amide bonds. The van der Waals surface area contributed by atoms with E-state index in [9.17, 15) is 13.9 Å². The van der Waals surface area contributed by atoms with E-state index in [2.05, 4.69) is 20.5 Å². The van der Waals surface area contributed by atoms with Gasteiger partial charge in [-0.1, -0.05) is 12.1 Å². The van der Waals surface area contributed by atoms with Crippen LogP contribution in [-0.2, 0) is 4.74 Å². The van der Waals surface area contributed by atoms with Gasteiger partial charge < -0.3 is 15.2 Å². The Labute approximate surface area is 166 Å². The summed E-state index contributed by atoms with van der Waals surface area (Å²) in [5.41, 5.74) is -0.331. The Balaban J connectivity index is 1.80. The summed E-state index contributed by atoms with van der Waals surface area (Å²) in [5.74, 6) is 0.274. The van der Waals surface area contributed by atoms with Crippen LogP contribution in [0.2, 0.25) is 0 Å². The van der Waals surface area contributed by atoms with Gasteiger partial charge in [0, 0.05) is 41.4 Å². The van der Waals surface area contributed by atoms with Gasteiger partial charge in [-0.05, 0) is 38.8 Å². The second-order valence-electron chi connectivity index (χ2n) is 7.80. The lowest BCUT2D eigenvalue weighted by molar-refractivity contribution is -0.0553. The Bertz CT molecular complexity index is 1040. The molecule has 1 unspecified atom stereocenters. The number of nitrogens with one attached hydrogen (secondary N) is 1. The fourth-order valence-electron chi connectivity index (χ4n) is 3.83. The molecular formula is C21H22F2N4O2. The third kappa shape index (κ3) is 3.85. The number of hydrogen-bond acceptors (Lipinski definition) is 6. The van der Waals surface area contributed by atoms with Crippen molar-refractivity contribution in [2.75, 3.05) is 11.9 Å². The van der Waals surface area contributed by atoms with Crippen molar-refractivity contribution in [3.05, 3.63) is 42.2 Å². The molecule has 3 heterocycles. The van der Waals surface area contributed by atoms with Gasteiger partial charge in [0.05, 0.1) is 11.2 Å². The number of rotatable bonds is 4. The molecular weight excluding hydrogens is 378 g/mol. The highest BCUT2D eigenvalue weighted by Crippen LogP contribution is 2.40. The van der Waals surface area contributed by atoms with Crippen molar-refractivity contribution >= 4 is 16.6 Å². The molecule has 0 bridgehead atoms. The molecule has 2 N–H and O–H groups in total. The quantitative estimate of drug-likeness (QED) is 0.661. The van der Waals surface area contributed by atoms with Crippen molar-refractivity contribution in [2.45, 2.75) is 44.8 Å². The number of pyridine rings is 1. The number of hydrogen-bond donors (Lipinski definition) is 2. The lowest BCUT2D eigenvalue weighted by atomic mass is 9.94. The smallest absolute Gasteiger partial charge is 0.264 e. The first-order valence-corrected chi connectivity index (χ1v) is 9.47. The number of aromatic hydroxyl groups is 1. The molecule has 0 radical (unpaired) electrons. The number of anilines is 1. The molecule has 0 saturated carbocycles. The number of alkyl halides is 2. The van der Waals surface area contributed by atoms with Crippen LogP contribution in [0.25, 0.3) is 22.0 Å². The average molecular weight is 400 g/mol. The molecule has 6 nitrogen and oxygen atoms in total. The Morgan fingerprint density at radius 3 is 2.79 bits per heavy atom. The van der Waals surface area contributed by atoms with E-state index in [4.69, 9.17) is 4.74 Å². The summed E-state index contributed by atoms with van der Waals surface area (Å²) in [6, 6.07) is 5.88. The number of nitrogens with zero attached hydrogens (tertiary/aromatic N) is 3. The lowest BCUT2D eigenvalue weighted by Gasteiger charge is -2.36. The van der Waals surface area contributed by atoms with Crippen LogP contribution < -0.4 is 5.32 Å². The van der Waals surface area contributed by atoms with Crippen LogP contribution in [0.15, 0.2) is 36.7 Å². The van der Waals surface area contributed by atoms with E-state index in [0.29, 0.717) is 23.2 Å². The van der Waals surface area contributed by atoms with Crippen molar-refractivity contribution in [3.8, 4) is 17.0 Å². The van der Waals surface area contributed by atoms with E-state index in [1.54, 1.807) is 18.5 Å². The third-order valence-corrected chi connectivity index (χ3v) is 5.17. The molecule has 1 atom stereocenters. The predicted octanol–water partition coefficient (Wildman–Crippen LogP) is 4.70. The summed E-state index contributed by atoms with van der Waals surface area (Å²) in [6.45, 7) is 4.72. The molecule has 8 heteroatoms. The minimum Gasteiger partial charge on any atom is -0.507 e. The van der Waals surface area contributed by atoms with Crippen LogP contribution >= 0.6 is 0 Å². The fourth-order valence-corrected chi connectivity index (χ4v) is 3.83. The number of benzene rings is 1. The van der Waals surface area contributed by atoms with Gasteiger partial charge in [-0.2, -0.15) is 0 Å². The highest BCUT2D eigenvalue weighted by Gasteiger charge is 2.29. The van der Waals surface area contributed by atoms with Gasteiger partial charge in [-0.15, -0.1) is 10.2 Å². The van der Waals surface area contributed by atoms with Crippen LogP contribution in [0.4, 0.5) is 14.6 Å². The molecule has 4 rings (SSSR count). The van der Waals surface area contributed by atoms with E-state index in [-0.39, 0.29) is 34.2 Å². The van der Waals surface area contributed by atoms with Crippen LogP contribution in [-0.4, -0.2) is 38.5 Å². The minimum absolute atomic E-state index is 0.00931. The Morgan fingerprint density at radius 1 is 1.21 bits per heavy atom. The molecule has 1 aromatic carbocycles. The molecule has 1 fully saturated rings. The van der Waals surface area contributed by atoms with Crippen molar-refractivity contribution in [2.24, 2.45) is 0 Å². The largest absolute Gasteiger partial charge is 0.507 e. The number of fused-ring (bicyclic) bond motifs is 1. The van der Waals surface area contributed by atoms with Crippen molar-refractivity contribution < 1.29 is 18.6 Å². The van der Waals surface area contributed by atoms with Gasteiger partial charge in [-0.25, -0.2) is 8.78 Å². The number of ether oxygens (including phenoxy) is 1. The molecule has 0 aliphatic carbocycles. The van der Waals surface area contributed by atoms with Crippen LogP contribution in [0.3, 0.4) is 0 Å². The first-order valence-electron chi connectivity index (χ1n) is 9.47. The van der Waals surface area contributed by atoms with Gasteiger partial charge in [-0.3, -0.25) is 4.98 Å². The van der Waals surface area contributed by atoms with E-state index in [0.717, 1.165) is 12.8 Å². The number of phenolic OH excluding ortho intramolecular Hbond substituents is 1. The summed E-state index contributed by atoms with van der Waals surface area (Å²) in [5, 5.41) is 23.4. The second kappa shape index (κ2) is 7.51. The summed E-state index contributed by atoms with van der Waals surface area (Å²) in [4.78, 5) is 4.17. The molecule has 1 saturated heterocycles. The third-order valence-electron chi connectivity index (χ3n) is 5.17. The van der Waals surface area contributed by atoms with E-state index < -0.39 is 6.43 Å². The highest BCUT2D eigenvalue weighted by atomic mass is 19.3. The van der Waals surface area contributed by atoms with E-state index in [1.807, 2.05) is 13.8 Å². The topological polar surface area (TPSA) is 80.2 Å². The fraction of sp³-hybridized carbons (Fsp3) is 0.381. The SMILES string of the molecule is CC1(C)CC(Nc2nnc(-c3c(O)cccc3C(F)F)c3ccncc23)CCO1. The molecule has 1 aliphatic heterocycles. The maximum Gasteiger partial charge on any atom is 0.264 e. The van der Waals surface area contributed by atoms with Gasteiger partial charge in [0.1, 0.15) is 11.4 Å². The lowest BCUT2D eigenvalue weighted by Crippen LogP contribution is -2.40. The number of aromatic nitrogens is 3. The molecule has 152 valence electrons. The van der Waals surface area contributed by atoms with Crippen LogP contribution in [0.1, 0.15) is 38.7 Å². The van der Waals surface area contributed by atoms with Gasteiger partial charge >= 0.3 is 0 Å². The second-order valence-corrected chi connectivity index (χ2v) is 7.80. The maximum atomic E-state index is 13.6. The zero-order chi connectivity index (χ0) is 20.6. The molecule has 1 aliphatic rings. The summed E-state index contributed by atoms with van der Waals surface area (Å²) >= 11 is 0. The van der Waals surface area contributed by atoms with Crippen LogP contribution in [0, 0.1) is 0 Å². The monoisotopic (exact) mass is 400 g/mol. The summed E-state index contributed by atoms with van der Waals surface area (Å²) < 4.78 is 32.9. The highest BCUT2D eigenvalue weighted by molar-refractivity contribution is 6.01. The van der Waals surface area contributed by atoms with Crippen LogP contribution in [0.5, 0.6) is 5.75 Å². The normalized spacial score (nSPS) is 18.9. The Hall–Kier alpha value is -2.87. The maximum absolute atomic E-state index is 13.6. The van der Waals surface area contributed by atoms with E-state index >= 15 is 0 Å². The molecule has 3 aromatic rings. The van der Waals surface area contributed by atoms with Crippen molar-refractivity contribution in [1.82, 2.24) is 15.2 Å². The minimum atomic E-state index is -2.75. The number of phenols is 1. The molecule has 0 spiro atoms. The van der Waals surface area contributed by atoms with Gasteiger partial charge in [0.25, 0.3) is 6.43 Å². The first-order chi connectivity index (χ1) is 13.9. The summed E-state index contributed by atoms with van der Waals surface area (Å²) in [7, 11) is 0. The Kier molecular flexibility index (Phi) is 5.04. The predicted molar refractivity (Wildman–Crippen MR) is 106 cm³/mol. The van der Waals surface area contributed by atoms with Gasteiger partial charge in [0.2, 0.25) is 0 Å². The van der Waals surface area contributed by atoms with Crippen molar-refractivity contribution in [3.63, 3.8) is 0 Å². The zero-order valence-corrected chi connectivity index (χ0v) is 16.2. The standard InChI is InChI=1S/C21H22F2N4O2/c1-21(2)10-12(7-9-29-21)25-20-15-11-24-8-6-13(15)18(26-27-20)17-14(19(22)23)4-3-5-16(17)28/h3-6,8,11-12,19,28H,7,9-10H2,1-2H3,(H,25,27). The zero-order valence-electron chi connectivity index (χ0n) is 16.2. The van der Waals surface area contributed by atoms with Gasteiger partial charge in [0.15, 0.2) is 5.82 Å². The Morgan fingerprint density at radius 2 is 2.03 bits per heavy atom. The van der Waals surface area contributed by atoms with Crippen molar-refractivity contribution in [1.29, 1.82) is 0 Å².